The minimum Gasteiger partial charge on any atom is -0.394 e. The molecule has 1 fully saturated rings. The molecule has 1 saturated heterocycles. The van der Waals surface area contributed by atoms with Crippen LogP contribution in [0.3, 0.4) is 0 Å². The molecule has 0 spiro atoms. The molecule has 8 heteroatoms. The smallest absolute Gasteiger partial charge is 0.128 e. The topological polar surface area (TPSA) is 70.5 Å². The molecule has 3 heterocycles. The Morgan fingerprint density at radius 1 is 1.14 bits per heavy atom. The molecule has 0 bridgehead atoms. The van der Waals surface area contributed by atoms with Gasteiger partial charge in [-0.25, -0.2) is 9.37 Å². The fraction of sp³-hybridized carbons (Fsp3) is 0.259. The second-order valence-corrected chi connectivity index (χ2v) is 9.03. The summed E-state index contributed by atoms with van der Waals surface area (Å²) in [6.07, 6.45) is 3.26. The van der Waals surface area contributed by atoms with E-state index in [4.69, 9.17) is 16.3 Å². The average molecular weight is 493 g/mol. The molecular formula is C27H26ClFN4O2. The molecule has 0 saturated carbocycles. The van der Waals surface area contributed by atoms with Crippen LogP contribution in [-0.2, 0) is 4.74 Å². The Morgan fingerprint density at radius 3 is 2.74 bits per heavy atom. The number of fused-ring (bicyclic) bond motifs is 1. The molecule has 2 atom stereocenters. The van der Waals surface area contributed by atoms with Crippen LogP contribution in [0.4, 0.5) is 15.9 Å². The number of ether oxygens (including phenoxy) is 1. The molecule has 35 heavy (non-hydrogen) atoms. The summed E-state index contributed by atoms with van der Waals surface area (Å²) >= 11 is 6.54. The quantitative estimate of drug-likeness (QED) is 0.372. The summed E-state index contributed by atoms with van der Waals surface area (Å²) in [5.74, 6) is 0.585. The van der Waals surface area contributed by atoms with E-state index in [-0.39, 0.29) is 24.6 Å². The van der Waals surface area contributed by atoms with E-state index in [0.717, 1.165) is 34.4 Å². The highest BCUT2D eigenvalue weighted by Crippen LogP contribution is 2.35. The summed E-state index contributed by atoms with van der Waals surface area (Å²) in [4.78, 5) is 11.2. The van der Waals surface area contributed by atoms with Crippen molar-refractivity contribution >= 4 is 34.0 Å². The molecule has 5 rings (SSSR count). The van der Waals surface area contributed by atoms with E-state index in [9.17, 15) is 9.50 Å². The first kappa shape index (κ1) is 23.5. The summed E-state index contributed by atoms with van der Waals surface area (Å²) in [7, 11) is 0. The van der Waals surface area contributed by atoms with Gasteiger partial charge in [0.2, 0.25) is 0 Å². The van der Waals surface area contributed by atoms with Gasteiger partial charge in [-0.05, 0) is 42.8 Å². The number of morpholine rings is 1. The first-order chi connectivity index (χ1) is 17.0. The Hall–Kier alpha value is -3.26. The van der Waals surface area contributed by atoms with Crippen LogP contribution in [0.5, 0.6) is 0 Å². The highest BCUT2D eigenvalue weighted by molar-refractivity contribution is 6.34. The summed E-state index contributed by atoms with van der Waals surface area (Å²) in [5.41, 5.74) is 3.99. The predicted octanol–water partition coefficient (Wildman–Crippen LogP) is 5.46. The van der Waals surface area contributed by atoms with E-state index < -0.39 is 0 Å². The molecule has 0 unspecified atom stereocenters. The lowest BCUT2D eigenvalue weighted by Crippen LogP contribution is -2.44. The van der Waals surface area contributed by atoms with Crippen molar-refractivity contribution in [2.45, 2.75) is 19.1 Å². The number of aliphatic hydroxyl groups excluding tert-OH is 1. The van der Waals surface area contributed by atoms with E-state index in [1.165, 1.54) is 6.07 Å². The standard InChI is InChI=1S/C27H26ClFN4O2/c1-17(21-4-2-3-5-24(21)29)32-27-22-12-18(6-8-25(22)30-14-23(27)28)19-7-9-26(31-13-19)33-10-11-35-20(15-33)16-34/h2-9,12-14,17,20,34H,10-11,15-16H2,1H3,(H,30,32)/t17-,20-/m1/s1. The van der Waals surface area contributed by atoms with Crippen LogP contribution in [0.15, 0.2) is 67.0 Å². The average Bonchev–Trinajstić information content (AvgIpc) is 2.90. The minimum atomic E-state index is -0.292. The lowest BCUT2D eigenvalue weighted by Gasteiger charge is -2.32. The van der Waals surface area contributed by atoms with Crippen molar-refractivity contribution in [2.24, 2.45) is 0 Å². The predicted molar refractivity (Wildman–Crippen MR) is 137 cm³/mol. The molecule has 180 valence electrons. The molecule has 6 nitrogen and oxygen atoms in total. The molecule has 1 aliphatic rings. The Kier molecular flexibility index (Phi) is 6.81. The number of aromatic nitrogens is 2. The van der Waals surface area contributed by atoms with Gasteiger partial charge in [0.05, 0.1) is 41.6 Å². The third-order valence-electron chi connectivity index (χ3n) is 6.30. The van der Waals surface area contributed by atoms with E-state index in [1.54, 1.807) is 18.3 Å². The fourth-order valence-electron chi connectivity index (χ4n) is 4.40. The number of nitrogens with one attached hydrogen (secondary N) is 1. The van der Waals surface area contributed by atoms with E-state index >= 15 is 0 Å². The summed E-state index contributed by atoms with van der Waals surface area (Å²) < 4.78 is 19.9. The van der Waals surface area contributed by atoms with Gasteiger partial charge in [0.1, 0.15) is 11.6 Å². The van der Waals surface area contributed by atoms with Crippen LogP contribution in [0.1, 0.15) is 18.5 Å². The SMILES string of the molecule is C[C@@H](Nc1c(Cl)cnc2ccc(-c3ccc(N4CCO[C@@H](CO)C4)nc3)cc12)c1ccccc1F. The molecule has 4 aromatic rings. The number of nitrogens with zero attached hydrogens (tertiary/aromatic N) is 3. The number of halogens is 2. The maximum Gasteiger partial charge on any atom is 0.128 e. The summed E-state index contributed by atoms with van der Waals surface area (Å²) in [5, 5.41) is 14.1. The maximum absolute atomic E-state index is 14.3. The van der Waals surface area contributed by atoms with Crippen molar-refractivity contribution in [3.63, 3.8) is 0 Å². The maximum atomic E-state index is 14.3. The zero-order valence-electron chi connectivity index (χ0n) is 19.3. The number of pyridine rings is 2. The van der Waals surface area contributed by atoms with Crippen LogP contribution in [0, 0.1) is 5.82 Å². The number of hydrogen-bond donors (Lipinski definition) is 2. The van der Waals surface area contributed by atoms with E-state index in [2.05, 4.69) is 20.2 Å². The largest absolute Gasteiger partial charge is 0.394 e. The second-order valence-electron chi connectivity index (χ2n) is 8.63. The zero-order chi connectivity index (χ0) is 24.4. The van der Waals surface area contributed by atoms with Crippen molar-refractivity contribution in [1.82, 2.24) is 9.97 Å². The van der Waals surface area contributed by atoms with E-state index in [1.807, 2.05) is 49.5 Å². The van der Waals surface area contributed by atoms with Crippen molar-refractivity contribution < 1.29 is 14.2 Å². The number of hydrogen-bond acceptors (Lipinski definition) is 6. The van der Waals surface area contributed by atoms with Crippen LogP contribution >= 0.6 is 11.6 Å². The monoisotopic (exact) mass is 492 g/mol. The van der Waals surface area contributed by atoms with Crippen LogP contribution in [0.2, 0.25) is 5.02 Å². The molecule has 2 N–H and O–H groups in total. The number of aliphatic hydroxyl groups is 1. The molecule has 2 aromatic carbocycles. The first-order valence-corrected chi connectivity index (χ1v) is 11.9. The van der Waals surface area contributed by atoms with Gasteiger partial charge in [0.25, 0.3) is 0 Å². The van der Waals surface area contributed by atoms with Crippen LogP contribution in [-0.4, -0.2) is 47.5 Å². The number of benzene rings is 2. The number of anilines is 2. The zero-order valence-corrected chi connectivity index (χ0v) is 20.0. The van der Waals surface area contributed by atoms with Crippen LogP contribution in [0.25, 0.3) is 22.0 Å². The van der Waals surface area contributed by atoms with Crippen molar-refractivity contribution in [3.8, 4) is 11.1 Å². The first-order valence-electron chi connectivity index (χ1n) is 11.6. The normalized spacial score (nSPS) is 16.9. The van der Waals surface area contributed by atoms with Crippen LogP contribution < -0.4 is 10.2 Å². The van der Waals surface area contributed by atoms with Gasteiger partial charge in [-0.2, -0.15) is 0 Å². The third-order valence-corrected chi connectivity index (χ3v) is 6.59. The molecule has 0 amide bonds. The summed E-state index contributed by atoms with van der Waals surface area (Å²) in [6.45, 7) is 3.80. The fourth-order valence-corrected chi connectivity index (χ4v) is 4.60. The Bertz CT molecular complexity index is 1330. The van der Waals surface area contributed by atoms with Gasteiger partial charge in [-0.3, -0.25) is 4.98 Å². The third kappa shape index (κ3) is 4.93. The van der Waals surface area contributed by atoms with Crippen molar-refractivity contribution in [2.75, 3.05) is 36.5 Å². The number of rotatable bonds is 6. The minimum absolute atomic E-state index is 0.00579. The Balaban J connectivity index is 1.44. The second kappa shape index (κ2) is 10.2. The van der Waals surface area contributed by atoms with Gasteiger partial charge in [-0.1, -0.05) is 35.9 Å². The Morgan fingerprint density at radius 2 is 1.97 bits per heavy atom. The van der Waals surface area contributed by atoms with Crippen molar-refractivity contribution in [3.05, 3.63) is 83.4 Å². The highest BCUT2D eigenvalue weighted by atomic mass is 35.5. The Labute approximate surface area is 208 Å². The van der Waals surface area contributed by atoms with Crippen molar-refractivity contribution in [1.29, 1.82) is 0 Å². The highest BCUT2D eigenvalue weighted by Gasteiger charge is 2.21. The van der Waals surface area contributed by atoms with Gasteiger partial charge < -0.3 is 20.1 Å². The molecule has 0 aliphatic carbocycles. The molecule has 2 aromatic heterocycles. The molecule has 0 radical (unpaired) electrons. The van der Waals surface area contributed by atoms with E-state index in [0.29, 0.717) is 29.4 Å². The lowest BCUT2D eigenvalue weighted by molar-refractivity contribution is 0.00336. The lowest BCUT2D eigenvalue weighted by atomic mass is 10.0. The van der Waals surface area contributed by atoms with Gasteiger partial charge >= 0.3 is 0 Å². The molecule has 1 aliphatic heterocycles. The van der Waals surface area contributed by atoms with Gasteiger partial charge in [0, 0.05) is 42.0 Å². The van der Waals surface area contributed by atoms with Gasteiger partial charge in [-0.15, -0.1) is 0 Å². The molecular weight excluding hydrogens is 467 g/mol. The van der Waals surface area contributed by atoms with Gasteiger partial charge in [0.15, 0.2) is 0 Å². The summed E-state index contributed by atoms with van der Waals surface area (Å²) in [6, 6.07) is 16.4.